The van der Waals surface area contributed by atoms with Crippen molar-refractivity contribution in [1.82, 2.24) is 14.9 Å². The molecule has 3 heterocycles. The van der Waals surface area contributed by atoms with E-state index < -0.39 is 21.2 Å². The minimum Gasteiger partial charge on any atom is -0.588 e. The van der Waals surface area contributed by atoms with Gasteiger partial charge in [0.2, 0.25) is 0 Å². The smallest absolute Gasteiger partial charge is 0.180 e. The first-order chi connectivity index (χ1) is 18.3. The van der Waals surface area contributed by atoms with Crippen molar-refractivity contribution >= 4 is 26.9 Å². The van der Waals surface area contributed by atoms with Crippen molar-refractivity contribution in [2.45, 2.75) is 22.1 Å². The lowest BCUT2D eigenvalue weighted by molar-refractivity contribution is 0.422. The monoisotopic (exact) mass is 541 g/mol. The van der Waals surface area contributed by atoms with E-state index in [1.54, 1.807) is 40.7 Å². The normalized spacial score (nSPS) is 20.7. The molecule has 0 bridgehead atoms. The number of nitrogens with zero attached hydrogens (tertiary/aromatic N) is 3. The van der Waals surface area contributed by atoms with Crippen LogP contribution in [-0.4, -0.2) is 29.7 Å². The van der Waals surface area contributed by atoms with Gasteiger partial charge in [-0.1, -0.05) is 30.3 Å². The molecule has 3 atom stereocenters. The van der Waals surface area contributed by atoms with E-state index in [0.29, 0.717) is 10.5 Å². The average Bonchev–Trinajstić information content (AvgIpc) is 3.54. The first-order valence-corrected chi connectivity index (χ1v) is 14.9. The number of anilines is 1. The third-order valence-electron chi connectivity index (χ3n) is 6.69. The second-order valence-corrected chi connectivity index (χ2v) is 12.5. The van der Waals surface area contributed by atoms with Crippen molar-refractivity contribution < 1.29 is 13.0 Å². The molecule has 0 aromatic heterocycles. The summed E-state index contributed by atoms with van der Waals surface area (Å²) >= 11 is -1.41. The summed E-state index contributed by atoms with van der Waals surface area (Å²) < 4.78 is 39.2. The molecule has 0 amide bonds. The maximum absolute atomic E-state index is 13.4. The first kappa shape index (κ1) is 24.2. The molecular weight excluding hydrogens is 518 g/mol. The van der Waals surface area contributed by atoms with Crippen LogP contribution in [-0.2, 0) is 21.2 Å². The predicted octanol–water partition coefficient (Wildman–Crippen LogP) is 3.65. The summed E-state index contributed by atoms with van der Waals surface area (Å²) in [5.74, 6) is 0. The van der Waals surface area contributed by atoms with Crippen LogP contribution in [0.2, 0.25) is 0 Å². The highest BCUT2D eigenvalue weighted by molar-refractivity contribution is 7.90. The van der Waals surface area contributed by atoms with Gasteiger partial charge >= 0.3 is 0 Å². The quantitative estimate of drug-likeness (QED) is 0.471. The molecule has 1 fully saturated rings. The molecule has 0 aliphatic carbocycles. The van der Waals surface area contributed by atoms with Crippen LogP contribution in [0, 0.1) is 11.3 Å². The second kappa shape index (κ2) is 9.29. The number of benzene rings is 3. The minimum absolute atomic E-state index is 0.252. The zero-order chi connectivity index (χ0) is 26.4. The highest BCUT2D eigenvalue weighted by Crippen LogP contribution is 2.44. The molecule has 10 heteroatoms. The van der Waals surface area contributed by atoms with Gasteiger partial charge < -0.3 is 20.1 Å². The number of nitriles is 1. The summed E-state index contributed by atoms with van der Waals surface area (Å²) in [6.45, 7) is 0. The van der Waals surface area contributed by atoms with Crippen molar-refractivity contribution in [3.8, 4) is 6.07 Å². The van der Waals surface area contributed by atoms with E-state index in [0.717, 1.165) is 28.2 Å². The van der Waals surface area contributed by atoms with Crippen LogP contribution >= 0.6 is 0 Å². The number of nitrogens with one attached hydrogen (secondary N) is 2. The summed E-state index contributed by atoms with van der Waals surface area (Å²) in [6, 6.07) is 25.6. The molecule has 0 radical (unpaired) electrons. The fourth-order valence-corrected chi connectivity index (χ4v) is 6.66. The molecule has 38 heavy (non-hydrogen) atoms. The SMILES string of the molecule is CS(=O)(=O)c1ccc(C2NC3=CNC4C(=C3N2c2ccc(C#N)cc2)C=CN4[S+]([O-])c2ccccc2)cc1. The maximum atomic E-state index is 13.4. The van der Waals surface area contributed by atoms with Gasteiger partial charge in [-0.15, -0.1) is 0 Å². The summed E-state index contributed by atoms with van der Waals surface area (Å²) in [6.07, 6.45) is 6.19. The Morgan fingerprint density at radius 3 is 2.34 bits per heavy atom. The van der Waals surface area contributed by atoms with Crippen LogP contribution in [0.4, 0.5) is 5.69 Å². The van der Waals surface area contributed by atoms with Gasteiger partial charge in [-0.3, -0.25) is 0 Å². The molecule has 3 aromatic carbocycles. The Kier molecular flexibility index (Phi) is 5.91. The number of dihydropyridines is 1. The lowest BCUT2D eigenvalue weighted by atomic mass is 10.1. The fraction of sp³-hybridized carbons (Fsp3) is 0.107. The topological polar surface area (TPSA) is 112 Å². The van der Waals surface area contributed by atoms with Crippen LogP contribution < -0.4 is 15.5 Å². The predicted molar refractivity (Wildman–Crippen MR) is 145 cm³/mol. The van der Waals surface area contributed by atoms with Gasteiger partial charge in [0.15, 0.2) is 20.9 Å². The van der Waals surface area contributed by atoms with E-state index >= 15 is 0 Å². The molecule has 1 saturated heterocycles. The average molecular weight is 542 g/mol. The van der Waals surface area contributed by atoms with Gasteiger partial charge in [0.1, 0.15) is 17.5 Å². The van der Waals surface area contributed by atoms with E-state index in [2.05, 4.69) is 21.6 Å². The van der Waals surface area contributed by atoms with Crippen LogP contribution in [0.5, 0.6) is 0 Å². The van der Waals surface area contributed by atoms with Gasteiger partial charge in [0, 0.05) is 23.7 Å². The Bertz CT molecular complexity index is 1630. The summed E-state index contributed by atoms with van der Waals surface area (Å²) in [4.78, 5) is 3.09. The Balaban J connectivity index is 1.43. The molecule has 190 valence electrons. The van der Waals surface area contributed by atoms with Gasteiger partial charge in [0.05, 0.1) is 34.1 Å². The van der Waals surface area contributed by atoms with Crippen molar-refractivity contribution in [3.63, 3.8) is 0 Å². The molecule has 3 unspecified atom stereocenters. The molecule has 3 aliphatic rings. The molecule has 0 spiro atoms. The zero-order valence-corrected chi connectivity index (χ0v) is 21.9. The Hall–Kier alpha value is -4.17. The molecule has 6 rings (SSSR count). The summed E-state index contributed by atoms with van der Waals surface area (Å²) in [5, 5.41) is 16.2. The molecular formula is C28H23N5O3S2. The van der Waals surface area contributed by atoms with E-state index in [1.807, 2.05) is 60.9 Å². The van der Waals surface area contributed by atoms with E-state index in [1.165, 1.54) is 6.26 Å². The first-order valence-electron chi connectivity index (χ1n) is 11.9. The second-order valence-electron chi connectivity index (χ2n) is 9.09. The van der Waals surface area contributed by atoms with E-state index in [-0.39, 0.29) is 17.2 Å². The van der Waals surface area contributed by atoms with E-state index in [4.69, 9.17) is 0 Å². The van der Waals surface area contributed by atoms with Gasteiger partial charge in [0.25, 0.3) is 0 Å². The zero-order valence-electron chi connectivity index (χ0n) is 20.3. The van der Waals surface area contributed by atoms with Crippen molar-refractivity contribution in [2.75, 3.05) is 11.2 Å². The van der Waals surface area contributed by atoms with Crippen LogP contribution in [0.1, 0.15) is 17.3 Å². The van der Waals surface area contributed by atoms with Crippen LogP contribution in [0.25, 0.3) is 0 Å². The third kappa shape index (κ3) is 4.11. The van der Waals surface area contributed by atoms with Crippen molar-refractivity contribution in [3.05, 3.63) is 125 Å². The van der Waals surface area contributed by atoms with Gasteiger partial charge in [-0.25, -0.2) is 8.42 Å². The minimum atomic E-state index is -3.33. The van der Waals surface area contributed by atoms with Crippen molar-refractivity contribution in [2.24, 2.45) is 0 Å². The summed E-state index contributed by atoms with van der Waals surface area (Å²) in [5.41, 5.74) is 4.99. The molecule has 0 saturated carbocycles. The number of fused-ring (bicyclic) bond motifs is 2. The highest BCUT2D eigenvalue weighted by Gasteiger charge is 2.44. The standard InChI is InChI=1S/C28H23N5O3S2/c1-38(35,36)23-13-9-20(10-14-23)27-31-25-18-30-28-24(15-16-32(28)37(34)22-5-3-2-4-6-22)26(25)33(27)21-11-7-19(17-29)8-12-21/h2-16,18,27-28,30-31H,1H3. The van der Waals surface area contributed by atoms with Crippen LogP contribution in [0.3, 0.4) is 0 Å². The largest absolute Gasteiger partial charge is 0.588 e. The van der Waals surface area contributed by atoms with Crippen LogP contribution in [0.15, 0.2) is 124 Å². The molecule has 2 N–H and O–H groups in total. The number of rotatable bonds is 5. The molecule has 3 aromatic rings. The Morgan fingerprint density at radius 2 is 1.68 bits per heavy atom. The number of hydrogen-bond acceptors (Lipinski definition) is 8. The fourth-order valence-electron chi connectivity index (χ4n) is 4.86. The Morgan fingerprint density at radius 1 is 0.974 bits per heavy atom. The Labute approximate surface area is 224 Å². The maximum Gasteiger partial charge on any atom is 0.180 e. The lowest BCUT2D eigenvalue weighted by Crippen LogP contribution is -2.44. The van der Waals surface area contributed by atoms with Crippen molar-refractivity contribution in [1.29, 1.82) is 5.26 Å². The molecule has 8 nitrogen and oxygen atoms in total. The van der Waals surface area contributed by atoms with Gasteiger partial charge in [-0.2, -0.15) is 9.57 Å². The highest BCUT2D eigenvalue weighted by atomic mass is 32.2. The number of hydrogen-bond donors (Lipinski definition) is 2. The number of sulfone groups is 1. The van der Waals surface area contributed by atoms with E-state index in [9.17, 15) is 18.2 Å². The third-order valence-corrected chi connectivity index (χ3v) is 9.21. The molecule has 3 aliphatic heterocycles. The lowest BCUT2D eigenvalue weighted by Gasteiger charge is -2.32. The van der Waals surface area contributed by atoms with Gasteiger partial charge in [-0.05, 0) is 60.2 Å². The summed E-state index contributed by atoms with van der Waals surface area (Å²) in [7, 11) is -3.33.